The van der Waals surface area contributed by atoms with E-state index in [4.69, 9.17) is 5.73 Å². The topological polar surface area (TPSA) is 78.0 Å². The van der Waals surface area contributed by atoms with Crippen molar-refractivity contribution in [2.24, 2.45) is 5.73 Å². The molecule has 1 aromatic rings. The summed E-state index contributed by atoms with van der Waals surface area (Å²) in [7, 11) is -3.11. The van der Waals surface area contributed by atoms with Crippen LogP contribution in [0.5, 0.6) is 0 Å². The van der Waals surface area contributed by atoms with Crippen molar-refractivity contribution in [2.45, 2.75) is 32.6 Å². The second-order valence-electron chi connectivity index (χ2n) is 3.90. The molecule has 0 bridgehead atoms. The lowest BCUT2D eigenvalue weighted by molar-refractivity contribution is 0.583. The highest BCUT2D eigenvalue weighted by Crippen LogP contribution is 2.23. The fourth-order valence-electron chi connectivity index (χ4n) is 1.59. The van der Waals surface area contributed by atoms with Crippen LogP contribution in [0.3, 0.4) is 0 Å². The van der Waals surface area contributed by atoms with E-state index in [9.17, 15) is 8.42 Å². The zero-order valence-corrected chi connectivity index (χ0v) is 12.5. The van der Waals surface area contributed by atoms with Gasteiger partial charge < -0.3 is 5.73 Å². The summed E-state index contributed by atoms with van der Waals surface area (Å²) in [5.41, 5.74) is 6.87. The first-order valence-corrected chi connectivity index (χ1v) is 8.15. The number of aromatic nitrogens is 2. The second kappa shape index (κ2) is 5.97. The van der Waals surface area contributed by atoms with Crippen LogP contribution < -0.4 is 5.73 Å². The average Bonchev–Trinajstić information content (AvgIpc) is 2.54. The molecule has 17 heavy (non-hydrogen) atoms. The van der Waals surface area contributed by atoms with Crippen LogP contribution in [0, 0.1) is 6.92 Å². The summed E-state index contributed by atoms with van der Waals surface area (Å²) in [6, 6.07) is 0. The summed E-state index contributed by atoms with van der Waals surface area (Å²) in [6.45, 7) is 4.85. The first-order chi connectivity index (χ1) is 7.91. The Kier molecular flexibility index (Phi) is 5.15. The van der Waals surface area contributed by atoms with Crippen LogP contribution in [0.2, 0.25) is 0 Å². The number of hydrogen-bond donors (Lipinski definition) is 1. The van der Waals surface area contributed by atoms with E-state index in [0.29, 0.717) is 19.5 Å². The summed E-state index contributed by atoms with van der Waals surface area (Å²) in [4.78, 5) is 0. The first kappa shape index (κ1) is 14.7. The number of hydrogen-bond acceptors (Lipinski definition) is 4. The molecule has 0 atom stereocenters. The predicted octanol–water partition coefficient (Wildman–Crippen LogP) is 1.24. The number of nitrogens with two attached hydrogens (primary N) is 1. The van der Waals surface area contributed by atoms with E-state index < -0.39 is 9.84 Å². The van der Waals surface area contributed by atoms with Crippen LogP contribution in [-0.4, -0.2) is 30.5 Å². The molecule has 0 saturated heterocycles. The van der Waals surface area contributed by atoms with Gasteiger partial charge in [-0.15, -0.1) is 0 Å². The molecule has 98 valence electrons. The minimum atomic E-state index is -3.11. The van der Waals surface area contributed by atoms with Crippen molar-refractivity contribution in [1.29, 1.82) is 0 Å². The molecule has 0 aliphatic carbocycles. The van der Waals surface area contributed by atoms with Crippen molar-refractivity contribution < 1.29 is 8.42 Å². The molecule has 0 amide bonds. The molecule has 7 heteroatoms. The van der Waals surface area contributed by atoms with Gasteiger partial charge in [-0.2, -0.15) is 5.10 Å². The van der Waals surface area contributed by atoms with Crippen molar-refractivity contribution in [3.8, 4) is 0 Å². The standard InChI is InChI=1S/C10H18BrN3O2S/c1-3-14-9(10(11)8(2)13-14)7-17(15,16)6-4-5-12/h3-7,12H2,1-2H3. The Morgan fingerprint density at radius 3 is 2.65 bits per heavy atom. The Morgan fingerprint density at radius 1 is 1.47 bits per heavy atom. The van der Waals surface area contributed by atoms with E-state index in [1.807, 2.05) is 13.8 Å². The second-order valence-corrected chi connectivity index (χ2v) is 6.87. The van der Waals surface area contributed by atoms with Gasteiger partial charge in [0.25, 0.3) is 0 Å². The molecular formula is C10H18BrN3O2S. The van der Waals surface area contributed by atoms with Crippen molar-refractivity contribution in [2.75, 3.05) is 12.3 Å². The Balaban J connectivity index is 2.94. The van der Waals surface area contributed by atoms with Crippen LogP contribution in [0.4, 0.5) is 0 Å². The molecule has 1 rings (SSSR count). The summed E-state index contributed by atoms with van der Waals surface area (Å²) in [6.07, 6.45) is 0.499. The Bertz CT molecular complexity index is 482. The van der Waals surface area contributed by atoms with Gasteiger partial charge in [0.1, 0.15) is 0 Å². The van der Waals surface area contributed by atoms with Crippen molar-refractivity contribution in [3.05, 3.63) is 15.9 Å². The summed E-state index contributed by atoms with van der Waals surface area (Å²) < 4.78 is 26.3. The molecule has 0 radical (unpaired) electrons. The third-order valence-corrected chi connectivity index (χ3v) is 5.12. The van der Waals surface area contributed by atoms with Gasteiger partial charge in [0.2, 0.25) is 0 Å². The fourth-order valence-corrected chi connectivity index (χ4v) is 3.66. The van der Waals surface area contributed by atoms with E-state index in [1.165, 1.54) is 0 Å². The van der Waals surface area contributed by atoms with Gasteiger partial charge in [-0.3, -0.25) is 4.68 Å². The highest BCUT2D eigenvalue weighted by atomic mass is 79.9. The van der Waals surface area contributed by atoms with Crippen LogP contribution in [0.15, 0.2) is 4.47 Å². The molecule has 1 heterocycles. The SMILES string of the molecule is CCn1nc(C)c(Br)c1CS(=O)(=O)CCCN. The van der Waals surface area contributed by atoms with Crippen LogP contribution >= 0.6 is 15.9 Å². The van der Waals surface area contributed by atoms with Crippen LogP contribution in [0.25, 0.3) is 0 Å². The maximum atomic E-state index is 11.9. The molecule has 0 aliphatic rings. The van der Waals surface area contributed by atoms with Crippen molar-refractivity contribution in [1.82, 2.24) is 9.78 Å². The third-order valence-electron chi connectivity index (χ3n) is 2.47. The lowest BCUT2D eigenvalue weighted by atomic mass is 10.4. The van der Waals surface area contributed by atoms with Gasteiger partial charge in [-0.05, 0) is 42.7 Å². The molecule has 2 N–H and O–H groups in total. The molecule has 0 saturated carbocycles. The normalized spacial score (nSPS) is 12.0. The molecule has 1 aromatic heterocycles. The number of halogens is 1. The number of aryl methyl sites for hydroxylation is 2. The highest BCUT2D eigenvalue weighted by Gasteiger charge is 2.19. The number of sulfone groups is 1. The lowest BCUT2D eigenvalue weighted by Gasteiger charge is -2.06. The number of nitrogens with zero attached hydrogens (tertiary/aromatic N) is 2. The molecule has 0 unspecified atom stereocenters. The quantitative estimate of drug-likeness (QED) is 0.854. The minimum Gasteiger partial charge on any atom is -0.330 e. The van der Waals surface area contributed by atoms with Crippen LogP contribution in [0.1, 0.15) is 24.7 Å². The van der Waals surface area contributed by atoms with Gasteiger partial charge in [0.05, 0.1) is 27.4 Å². The van der Waals surface area contributed by atoms with Gasteiger partial charge >= 0.3 is 0 Å². The summed E-state index contributed by atoms with van der Waals surface area (Å²) in [5, 5.41) is 4.27. The molecule has 0 aliphatic heterocycles. The zero-order valence-electron chi connectivity index (χ0n) is 10.1. The van der Waals surface area contributed by atoms with E-state index in [2.05, 4.69) is 21.0 Å². The fraction of sp³-hybridized carbons (Fsp3) is 0.700. The van der Waals surface area contributed by atoms with Crippen molar-refractivity contribution >= 4 is 25.8 Å². The third kappa shape index (κ3) is 3.79. The monoisotopic (exact) mass is 323 g/mol. The van der Waals surface area contributed by atoms with Gasteiger partial charge in [0.15, 0.2) is 9.84 Å². The predicted molar refractivity (Wildman–Crippen MR) is 71.5 cm³/mol. The van der Waals surface area contributed by atoms with Gasteiger partial charge in [0, 0.05) is 6.54 Å². The molecule has 0 fully saturated rings. The zero-order chi connectivity index (χ0) is 13.1. The van der Waals surface area contributed by atoms with Gasteiger partial charge in [-0.25, -0.2) is 8.42 Å². The van der Waals surface area contributed by atoms with Crippen LogP contribution in [-0.2, 0) is 22.1 Å². The largest absolute Gasteiger partial charge is 0.330 e. The van der Waals surface area contributed by atoms with E-state index in [-0.39, 0.29) is 11.5 Å². The highest BCUT2D eigenvalue weighted by molar-refractivity contribution is 9.10. The maximum absolute atomic E-state index is 11.9. The van der Waals surface area contributed by atoms with Crippen molar-refractivity contribution in [3.63, 3.8) is 0 Å². The summed E-state index contributed by atoms with van der Waals surface area (Å²) in [5.74, 6) is 0.145. The van der Waals surface area contributed by atoms with E-state index >= 15 is 0 Å². The van der Waals surface area contributed by atoms with E-state index in [1.54, 1.807) is 4.68 Å². The Morgan fingerprint density at radius 2 is 2.12 bits per heavy atom. The summed E-state index contributed by atoms with van der Waals surface area (Å²) >= 11 is 3.39. The number of rotatable bonds is 6. The maximum Gasteiger partial charge on any atom is 0.156 e. The average molecular weight is 324 g/mol. The lowest BCUT2D eigenvalue weighted by Crippen LogP contribution is -2.16. The Labute approximate surface area is 110 Å². The Hall–Kier alpha value is -0.400. The molecule has 0 aromatic carbocycles. The minimum absolute atomic E-state index is 0.0161. The molecule has 0 spiro atoms. The van der Waals surface area contributed by atoms with Gasteiger partial charge in [-0.1, -0.05) is 0 Å². The molecular weight excluding hydrogens is 306 g/mol. The molecule has 5 nitrogen and oxygen atoms in total. The smallest absolute Gasteiger partial charge is 0.156 e. The first-order valence-electron chi connectivity index (χ1n) is 5.53. The van der Waals surface area contributed by atoms with E-state index in [0.717, 1.165) is 15.9 Å².